The zero-order valence-electron chi connectivity index (χ0n) is 17.2. The second kappa shape index (κ2) is 10.4. The molecule has 2 amide bonds. The maximum atomic E-state index is 12.7. The van der Waals surface area contributed by atoms with Crippen molar-refractivity contribution in [2.45, 2.75) is 6.04 Å². The molecule has 0 aliphatic carbocycles. The normalized spacial score (nSPS) is 11.5. The third-order valence-corrected chi connectivity index (χ3v) is 5.28. The number of carbonyl (C=O) groups is 2. The summed E-state index contributed by atoms with van der Waals surface area (Å²) < 4.78 is 0. The predicted molar refractivity (Wildman–Crippen MR) is 119 cm³/mol. The smallest absolute Gasteiger partial charge is 0.251 e. The Bertz CT molecular complexity index is 1070. The van der Waals surface area contributed by atoms with Gasteiger partial charge < -0.3 is 15.5 Å². The number of nitrogens with zero attached hydrogens (tertiary/aromatic N) is 4. The van der Waals surface area contributed by atoms with Crippen molar-refractivity contribution in [2.75, 3.05) is 27.2 Å². The Morgan fingerprint density at radius 2 is 1.84 bits per heavy atom. The number of pyridine rings is 1. The van der Waals surface area contributed by atoms with Crippen LogP contribution in [0.5, 0.6) is 0 Å². The maximum absolute atomic E-state index is 12.7. The fraction of sp³-hybridized carbons (Fsp3) is 0.227. The van der Waals surface area contributed by atoms with Gasteiger partial charge in [0.15, 0.2) is 0 Å². The fourth-order valence-electron chi connectivity index (χ4n) is 2.88. The highest BCUT2D eigenvalue weighted by Gasteiger charge is 2.22. The first-order valence-electron chi connectivity index (χ1n) is 9.54. The molecule has 1 aromatic carbocycles. The minimum Gasteiger partial charge on any atom is -0.341 e. The summed E-state index contributed by atoms with van der Waals surface area (Å²) in [7, 11) is 3.61. The molecule has 0 radical (unpaired) electrons. The summed E-state index contributed by atoms with van der Waals surface area (Å²) in [6, 6.07) is 12.0. The van der Waals surface area contributed by atoms with Crippen LogP contribution >= 0.6 is 11.3 Å². The summed E-state index contributed by atoms with van der Waals surface area (Å²) in [5.41, 5.74) is 3.16. The van der Waals surface area contributed by atoms with Crippen LogP contribution < -0.4 is 10.6 Å². The van der Waals surface area contributed by atoms with Gasteiger partial charge in [-0.2, -0.15) is 5.26 Å². The fourth-order valence-corrected chi connectivity index (χ4v) is 3.71. The number of nitriles is 1. The van der Waals surface area contributed by atoms with Crippen LogP contribution in [0.25, 0.3) is 21.8 Å². The van der Waals surface area contributed by atoms with E-state index >= 15 is 0 Å². The van der Waals surface area contributed by atoms with E-state index in [4.69, 9.17) is 5.26 Å². The highest BCUT2D eigenvalue weighted by molar-refractivity contribution is 7.13. The molecule has 2 aromatic heterocycles. The Balaban J connectivity index is 1.70. The summed E-state index contributed by atoms with van der Waals surface area (Å²) in [4.78, 5) is 35.4. The predicted octanol–water partition coefficient (Wildman–Crippen LogP) is 2.17. The molecule has 0 fully saturated rings. The van der Waals surface area contributed by atoms with Gasteiger partial charge >= 0.3 is 0 Å². The number of aromatic nitrogens is 2. The van der Waals surface area contributed by atoms with Gasteiger partial charge in [-0.1, -0.05) is 12.1 Å². The van der Waals surface area contributed by atoms with Crippen molar-refractivity contribution in [1.29, 1.82) is 5.26 Å². The minimum absolute atomic E-state index is 0.109. The van der Waals surface area contributed by atoms with Crippen LogP contribution in [0.15, 0.2) is 54.2 Å². The third-order valence-electron chi connectivity index (χ3n) is 4.39. The van der Waals surface area contributed by atoms with E-state index in [1.165, 1.54) is 0 Å². The average Bonchev–Trinajstić information content (AvgIpc) is 3.27. The van der Waals surface area contributed by atoms with E-state index in [0.717, 1.165) is 21.8 Å². The Hall–Kier alpha value is -3.61. The van der Waals surface area contributed by atoms with Crippen molar-refractivity contribution in [1.82, 2.24) is 25.5 Å². The van der Waals surface area contributed by atoms with Crippen LogP contribution in [0.3, 0.4) is 0 Å². The van der Waals surface area contributed by atoms with Gasteiger partial charge in [0.25, 0.3) is 5.91 Å². The number of benzene rings is 1. The zero-order valence-corrected chi connectivity index (χ0v) is 18.0. The average molecular weight is 435 g/mol. The second-order valence-corrected chi connectivity index (χ2v) is 7.87. The number of thiazole rings is 1. The lowest BCUT2D eigenvalue weighted by atomic mass is 10.1. The second-order valence-electron chi connectivity index (χ2n) is 7.02. The Labute approximate surface area is 184 Å². The number of rotatable bonds is 8. The van der Waals surface area contributed by atoms with E-state index in [2.05, 4.69) is 20.6 Å². The molecule has 0 aliphatic rings. The number of nitrogens with one attached hydrogen (secondary N) is 2. The molecule has 158 valence electrons. The Morgan fingerprint density at radius 3 is 2.48 bits per heavy atom. The number of likely N-dealkylation sites (N-methyl/N-ethyl adjacent to an activating group) is 1. The van der Waals surface area contributed by atoms with Gasteiger partial charge in [0, 0.05) is 41.0 Å². The minimum atomic E-state index is -0.767. The third kappa shape index (κ3) is 5.94. The van der Waals surface area contributed by atoms with E-state index in [9.17, 15) is 9.59 Å². The van der Waals surface area contributed by atoms with Gasteiger partial charge in [-0.05, 0) is 38.4 Å². The van der Waals surface area contributed by atoms with Crippen LogP contribution in [0.1, 0.15) is 10.4 Å². The first-order chi connectivity index (χ1) is 15.0. The molecule has 2 heterocycles. The molecule has 0 spiro atoms. The molecule has 1 unspecified atom stereocenters. The molecule has 8 nitrogen and oxygen atoms in total. The van der Waals surface area contributed by atoms with E-state index in [0.29, 0.717) is 12.1 Å². The van der Waals surface area contributed by atoms with Crippen LogP contribution in [0, 0.1) is 11.3 Å². The van der Waals surface area contributed by atoms with Gasteiger partial charge in [-0.25, -0.2) is 4.98 Å². The van der Waals surface area contributed by atoms with Gasteiger partial charge in [0.1, 0.15) is 17.6 Å². The zero-order chi connectivity index (χ0) is 22.2. The lowest BCUT2D eigenvalue weighted by Crippen LogP contribution is -2.51. The van der Waals surface area contributed by atoms with Crippen molar-refractivity contribution >= 4 is 23.2 Å². The quantitative estimate of drug-likeness (QED) is 0.526. The maximum Gasteiger partial charge on any atom is 0.251 e. The molecule has 1 atom stereocenters. The van der Waals surface area contributed by atoms with Crippen LogP contribution in [-0.4, -0.2) is 59.9 Å². The summed E-state index contributed by atoms with van der Waals surface area (Å²) in [5, 5.41) is 16.7. The Kier molecular flexibility index (Phi) is 7.43. The van der Waals surface area contributed by atoms with E-state index in [1.54, 1.807) is 54.9 Å². The highest BCUT2D eigenvalue weighted by Crippen LogP contribution is 2.28. The van der Waals surface area contributed by atoms with E-state index in [-0.39, 0.29) is 12.5 Å². The molecule has 9 heteroatoms. The lowest BCUT2D eigenvalue weighted by molar-refractivity contribution is -0.123. The van der Waals surface area contributed by atoms with Gasteiger partial charge in [-0.15, -0.1) is 11.3 Å². The molecule has 31 heavy (non-hydrogen) atoms. The molecule has 0 saturated heterocycles. The molecule has 0 bridgehead atoms. The first-order valence-corrected chi connectivity index (χ1v) is 10.4. The van der Waals surface area contributed by atoms with Crippen molar-refractivity contribution < 1.29 is 9.59 Å². The first kappa shape index (κ1) is 22.1. The van der Waals surface area contributed by atoms with Crippen molar-refractivity contribution in [3.63, 3.8) is 0 Å². The SMILES string of the molecule is CN(C)CC(NC(=O)c1ccc(-c2csc(-c3ccncc3)n2)cc1)C(=O)NCC#N. The van der Waals surface area contributed by atoms with Crippen molar-refractivity contribution in [3.05, 3.63) is 59.7 Å². The molecule has 0 saturated carbocycles. The topological polar surface area (TPSA) is 111 Å². The van der Waals surface area contributed by atoms with Gasteiger partial charge in [-0.3, -0.25) is 14.6 Å². The number of amides is 2. The molecule has 3 rings (SSSR count). The van der Waals surface area contributed by atoms with Crippen LogP contribution in [-0.2, 0) is 4.79 Å². The molecule has 2 N–H and O–H groups in total. The van der Waals surface area contributed by atoms with Crippen LogP contribution in [0.4, 0.5) is 0 Å². The summed E-state index contributed by atoms with van der Waals surface area (Å²) in [6.45, 7) is 0.208. The summed E-state index contributed by atoms with van der Waals surface area (Å²) in [6.07, 6.45) is 3.46. The highest BCUT2D eigenvalue weighted by atomic mass is 32.1. The lowest BCUT2D eigenvalue weighted by Gasteiger charge is -2.21. The number of carbonyl (C=O) groups excluding carboxylic acids is 2. The standard InChI is InChI=1S/C22H22N6O2S/c1-28(2)13-18(21(30)25-12-9-23)26-20(29)16-5-3-15(4-6-16)19-14-31-22(27-19)17-7-10-24-11-8-17/h3-8,10-11,14,18H,12-13H2,1-2H3,(H,25,30)(H,26,29). The Morgan fingerprint density at radius 1 is 1.13 bits per heavy atom. The largest absolute Gasteiger partial charge is 0.341 e. The number of hydrogen-bond donors (Lipinski definition) is 2. The molecule has 0 aliphatic heterocycles. The molecule has 3 aromatic rings. The van der Waals surface area contributed by atoms with Crippen molar-refractivity contribution in [2.24, 2.45) is 0 Å². The summed E-state index contributed by atoms with van der Waals surface area (Å²) >= 11 is 1.54. The van der Waals surface area contributed by atoms with Gasteiger partial charge in [0.05, 0.1) is 11.8 Å². The van der Waals surface area contributed by atoms with Crippen molar-refractivity contribution in [3.8, 4) is 27.9 Å². The van der Waals surface area contributed by atoms with E-state index in [1.807, 2.05) is 35.7 Å². The molecular formula is C22H22N6O2S. The van der Waals surface area contributed by atoms with Gasteiger partial charge in [0.2, 0.25) is 5.91 Å². The monoisotopic (exact) mass is 434 g/mol. The molecular weight excluding hydrogens is 412 g/mol. The van der Waals surface area contributed by atoms with E-state index < -0.39 is 11.9 Å². The number of hydrogen-bond acceptors (Lipinski definition) is 7. The summed E-state index contributed by atoms with van der Waals surface area (Å²) in [5.74, 6) is -0.757. The van der Waals surface area contributed by atoms with Crippen LogP contribution in [0.2, 0.25) is 0 Å².